The molecule has 2 atom stereocenters. The van der Waals surface area contributed by atoms with Crippen LogP contribution in [0.2, 0.25) is 0 Å². The molecule has 0 amide bonds. The summed E-state index contributed by atoms with van der Waals surface area (Å²) in [4.78, 5) is 0.834. The quantitative estimate of drug-likeness (QED) is 0.602. The molecule has 0 aromatic rings. The first-order valence-corrected chi connectivity index (χ1v) is 5.40. The first-order chi connectivity index (χ1) is 4.84. The van der Waals surface area contributed by atoms with Gasteiger partial charge in [0.15, 0.2) is 0 Å². The summed E-state index contributed by atoms with van der Waals surface area (Å²) in [6.07, 6.45) is 8.56. The second kappa shape index (κ2) is 4.38. The Morgan fingerprint density at radius 1 is 1.30 bits per heavy atom. The fraction of sp³-hybridized carbons (Fsp3) is 1.00. The topological polar surface area (TPSA) is 0 Å². The highest BCUT2D eigenvalue weighted by molar-refractivity contribution is 9.09. The molecule has 0 bridgehead atoms. The third-order valence-corrected chi connectivity index (χ3v) is 3.68. The van der Waals surface area contributed by atoms with Gasteiger partial charge < -0.3 is 0 Å². The average molecular weight is 205 g/mol. The Bertz CT molecular complexity index is 88.7. The van der Waals surface area contributed by atoms with Crippen molar-refractivity contribution in [2.75, 3.05) is 0 Å². The van der Waals surface area contributed by atoms with Crippen LogP contribution in [-0.4, -0.2) is 4.83 Å². The summed E-state index contributed by atoms with van der Waals surface area (Å²) in [6, 6.07) is 0. The van der Waals surface area contributed by atoms with Crippen LogP contribution in [0.1, 0.15) is 45.4 Å². The largest absolute Gasteiger partial charge is 0.0888 e. The van der Waals surface area contributed by atoms with Gasteiger partial charge in [-0.3, -0.25) is 0 Å². The minimum Gasteiger partial charge on any atom is -0.0888 e. The molecule has 0 nitrogen and oxygen atoms in total. The van der Waals surface area contributed by atoms with Crippen LogP contribution in [-0.2, 0) is 0 Å². The predicted molar refractivity (Wildman–Crippen MR) is 49.6 cm³/mol. The molecule has 0 spiro atoms. The van der Waals surface area contributed by atoms with E-state index in [0.717, 1.165) is 10.7 Å². The summed E-state index contributed by atoms with van der Waals surface area (Å²) in [7, 11) is 0. The van der Waals surface area contributed by atoms with Gasteiger partial charge in [0, 0.05) is 4.83 Å². The van der Waals surface area contributed by atoms with E-state index in [2.05, 4.69) is 22.9 Å². The lowest BCUT2D eigenvalue weighted by Gasteiger charge is -2.26. The van der Waals surface area contributed by atoms with Gasteiger partial charge in [-0.05, 0) is 25.2 Å². The van der Waals surface area contributed by atoms with Gasteiger partial charge in [0.1, 0.15) is 0 Å². The minimum atomic E-state index is 0.834. The molecule has 0 unspecified atom stereocenters. The van der Waals surface area contributed by atoms with E-state index in [1.54, 1.807) is 0 Å². The van der Waals surface area contributed by atoms with Crippen LogP contribution in [0, 0.1) is 5.92 Å². The van der Waals surface area contributed by atoms with Crippen LogP contribution in [0.3, 0.4) is 0 Å². The zero-order valence-corrected chi connectivity index (χ0v) is 8.36. The SMILES string of the molecule is CCC[C@H]1CCCC[C@H]1Br. The maximum absolute atomic E-state index is 3.76. The Morgan fingerprint density at radius 3 is 2.60 bits per heavy atom. The van der Waals surface area contributed by atoms with Crippen LogP contribution >= 0.6 is 15.9 Å². The molecule has 0 N–H and O–H groups in total. The Morgan fingerprint density at radius 2 is 2.00 bits per heavy atom. The van der Waals surface area contributed by atoms with E-state index in [1.807, 2.05) is 0 Å². The molecule has 60 valence electrons. The smallest absolute Gasteiger partial charge is 0.0174 e. The van der Waals surface area contributed by atoms with Gasteiger partial charge in [-0.2, -0.15) is 0 Å². The predicted octanol–water partition coefficient (Wildman–Crippen LogP) is 3.74. The van der Waals surface area contributed by atoms with Crippen molar-refractivity contribution in [3.8, 4) is 0 Å². The molecular formula is C9H17Br. The summed E-state index contributed by atoms with van der Waals surface area (Å²) in [5.74, 6) is 0.985. The highest BCUT2D eigenvalue weighted by Crippen LogP contribution is 2.32. The van der Waals surface area contributed by atoms with Crippen LogP contribution in [0.25, 0.3) is 0 Å². The molecule has 1 heteroatoms. The molecule has 0 radical (unpaired) electrons. The number of hydrogen-bond donors (Lipinski definition) is 0. The van der Waals surface area contributed by atoms with Crippen LogP contribution in [0.15, 0.2) is 0 Å². The molecule has 1 rings (SSSR count). The van der Waals surface area contributed by atoms with Gasteiger partial charge in [-0.1, -0.05) is 42.1 Å². The van der Waals surface area contributed by atoms with Gasteiger partial charge in [0.2, 0.25) is 0 Å². The monoisotopic (exact) mass is 204 g/mol. The molecule has 1 aliphatic carbocycles. The summed E-state index contributed by atoms with van der Waals surface area (Å²) in [5.41, 5.74) is 0. The molecule has 0 aromatic heterocycles. The average Bonchev–Trinajstić information content (AvgIpc) is 1.94. The van der Waals surface area contributed by atoms with E-state index in [4.69, 9.17) is 0 Å². The first-order valence-electron chi connectivity index (χ1n) is 4.48. The first kappa shape index (κ1) is 8.58. The van der Waals surface area contributed by atoms with Gasteiger partial charge in [0.05, 0.1) is 0 Å². The minimum absolute atomic E-state index is 0.834. The summed E-state index contributed by atoms with van der Waals surface area (Å²) < 4.78 is 0. The lowest BCUT2D eigenvalue weighted by Crippen LogP contribution is -2.18. The van der Waals surface area contributed by atoms with Gasteiger partial charge >= 0.3 is 0 Å². The van der Waals surface area contributed by atoms with Crippen molar-refractivity contribution >= 4 is 15.9 Å². The van der Waals surface area contributed by atoms with Crippen molar-refractivity contribution in [3.63, 3.8) is 0 Å². The van der Waals surface area contributed by atoms with E-state index in [1.165, 1.54) is 38.5 Å². The van der Waals surface area contributed by atoms with E-state index in [9.17, 15) is 0 Å². The number of halogens is 1. The molecular weight excluding hydrogens is 188 g/mol. The maximum Gasteiger partial charge on any atom is 0.0174 e. The van der Waals surface area contributed by atoms with Crippen molar-refractivity contribution in [1.29, 1.82) is 0 Å². The van der Waals surface area contributed by atoms with Crippen LogP contribution in [0.4, 0.5) is 0 Å². The zero-order chi connectivity index (χ0) is 7.40. The number of alkyl halides is 1. The van der Waals surface area contributed by atoms with Gasteiger partial charge in [-0.15, -0.1) is 0 Å². The molecule has 0 saturated heterocycles. The van der Waals surface area contributed by atoms with Crippen LogP contribution in [0.5, 0.6) is 0 Å². The highest BCUT2D eigenvalue weighted by Gasteiger charge is 2.21. The summed E-state index contributed by atoms with van der Waals surface area (Å²) >= 11 is 3.76. The molecule has 0 aliphatic heterocycles. The number of rotatable bonds is 2. The molecule has 0 heterocycles. The summed E-state index contributed by atoms with van der Waals surface area (Å²) in [6.45, 7) is 2.29. The fourth-order valence-corrected chi connectivity index (χ4v) is 2.71. The molecule has 1 aliphatic rings. The van der Waals surface area contributed by atoms with E-state index in [0.29, 0.717) is 0 Å². The Labute approximate surface area is 72.5 Å². The van der Waals surface area contributed by atoms with Crippen molar-refractivity contribution < 1.29 is 0 Å². The normalized spacial score (nSPS) is 34.2. The third-order valence-electron chi connectivity index (χ3n) is 2.48. The van der Waals surface area contributed by atoms with E-state index >= 15 is 0 Å². The zero-order valence-electron chi connectivity index (χ0n) is 6.78. The Balaban J connectivity index is 2.25. The third kappa shape index (κ3) is 2.26. The van der Waals surface area contributed by atoms with E-state index < -0.39 is 0 Å². The lowest BCUT2D eigenvalue weighted by molar-refractivity contribution is 0.352. The summed E-state index contributed by atoms with van der Waals surface area (Å²) in [5, 5.41) is 0. The van der Waals surface area contributed by atoms with E-state index in [-0.39, 0.29) is 0 Å². The Hall–Kier alpha value is 0.480. The molecule has 10 heavy (non-hydrogen) atoms. The molecule has 1 saturated carbocycles. The fourth-order valence-electron chi connectivity index (χ4n) is 1.86. The highest BCUT2D eigenvalue weighted by atomic mass is 79.9. The van der Waals surface area contributed by atoms with Crippen molar-refractivity contribution in [2.45, 2.75) is 50.3 Å². The van der Waals surface area contributed by atoms with Gasteiger partial charge in [-0.25, -0.2) is 0 Å². The number of hydrogen-bond acceptors (Lipinski definition) is 0. The van der Waals surface area contributed by atoms with Crippen molar-refractivity contribution in [2.24, 2.45) is 5.92 Å². The van der Waals surface area contributed by atoms with Crippen LogP contribution < -0.4 is 0 Å². The Kier molecular flexibility index (Phi) is 3.75. The lowest BCUT2D eigenvalue weighted by atomic mass is 9.86. The van der Waals surface area contributed by atoms with Crippen molar-refractivity contribution in [1.82, 2.24) is 0 Å². The molecule has 1 fully saturated rings. The molecule has 0 aromatic carbocycles. The second-order valence-corrected chi connectivity index (χ2v) is 4.53. The maximum atomic E-state index is 3.76. The standard InChI is InChI=1S/C9H17Br/c1-2-5-8-6-3-4-7-9(8)10/h8-9H,2-7H2,1H3/t8-,9+/m0/s1. The van der Waals surface area contributed by atoms with Crippen molar-refractivity contribution in [3.05, 3.63) is 0 Å². The second-order valence-electron chi connectivity index (χ2n) is 3.35. The van der Waals surface area contributed by atoms with Gasteiger partial charge in [0.25, 0.3) is 0 Å².